The van der Waals surface area contributed by atoms with Gasteiger partial charge in [-0.2, -0.15) is 0 Å². The summed E-state index contributed by atoms with van der Waals surface area (Å²) in [6.45, 7) is 2.20. The summed E-state index contributed by atoms with van der Waals surface area (Å²) in [6, 6.07) is 14.9. The summed E-state index contributed by atoms with van der Waals surface area (Å²) in [4.78, 5) is 25.6. The molecule has 0 bridgehead atoms. The number of nitro groups is 1. The minimum absolute atomic E-state index is 0.0962. The Morgan fingerprint density at radius 1 is 1.21 bits per heavy atom. The number of anilines is 1. The van der Waals surface area contributed by atoms with E-state index in [0.29, 0.717) is 43.4 Å². The maximum atomic E-state index is 12.9. The lowest BCUT2D eigenvalue weighted by atomic mass is 9.89. The second kappa shape index (κ2) is 9.32. The number of likely N-dealkylation sites (tertiary alicyclic amines) is 1. The number of methoxy groups -OCH3 is 1. The van der Waals surface area contributed by atoms with Gasteiger partial charge in [0.25, 0.3) is 11.6 Å². The summed E-state index contributed by atoms with van der Waals surface area (Å²) in [5.74, 6) is 0.296. The van der Waals surface area contributed by atoms with Crippen molar-refractivity contribution in [3.8, 4) is 0 Å². The summed E-state index contributed by atoms with van der Waals surface area (Å²) in [5.41, 5.74) is 1.95. The monoisotopic (exact) mass is 383 g/mol. The molecule has 3 rings (SSSR count). The van der Waals surface area contributed by atoms with Crippen molar-refractivity contribution >= 4 is 17.3 Å². The zero-order valence-corrected chi connectivity index (χ0v) is 16.0. The number of hydrogen-bond donors (Lipinski definition) is 1. The van der Waals surface area contributed by atoms with Gasteiger partial charge in [-0.1, -0.05) is 30.3 Å². The second-order valence-corrected chi connectivity index (χ2v) is 6.89. The van der Waals surface area contributed by atoms with E-state index in [-0.39, 0.29) is 11.6 Å². The van der Waals surface area contributed by atoms with Crippen LogP contribution in [0, 0.1) is 10.1 Å². The van der Waals surface area contributed by atoms with E-state index in [0.717, 1.165) is 12.8 Å². The quantitative estimate of drug-likeness (QED) is 0.448. The van der Waals surface area contributed by atoms with Gasteiger partial charge in [-0.25, -0.2) is 0 Å². The van der Waals surface area contributed by atoms with Crippen molar-refractivity contribution < 1.29 is 14.5 Å². The first-order chi connectivity index (χ1) is 13.6. The van der Waals surface area contributed by atoms with Crippen LogP contribution in [0.3, 0.4) is 0 Å². The number of benzene rings is 2. The number of nitrogens with zero attached hydrogens (tertiary/aromatic N) is 2. The zero-order chi connectivity index (χ0) is 19.9. The molecule has 2 aromatic rings. The molecule has 0 radical (unpaired) electrons. The lowest BCUT2D eigenvalue weighted by Gasteiger charge is -2.32. The van der Waals surface area contributed by atoms with Gasteiger partial charge in [0.05, 0.1) is 11.5 Å². The van der Waals surface area contributed by atoms with E-state index in [4.69, 9.17) is 4.74 Å². The summed E-state index contributed by atoms with van der Waals surface area (Å²) in [5, 5.41) is 14.4. The molecule has 1 aliphatic heterocycles. The predicted molar refractivity (Wildman–Crippen MR) is 108 cm³/mol. The summed E-state index contributed by atoms with van der Waals surface area (Å²) >= 11 is 0. The van der Waals surface area contributed by atoms with Gasteiger partial charge in [-0.05, 0) is 36.5 Å². The van der Waals surface area contributed by atoms with Crippen molar-refractivity contribution in [3.05, 3.63) is 69.8 Å². The molecule has 1 amide bonds. The van der Waals surface area contributed by atoms with Crippen LogP contribution >= 0.6 is 0 Å². The van der Waals surface area contributed by atoms with E-state index in [2.05, 4.69) is 17.4 Å². The fraction of sp³-hybridized carbons (Fsp3) is 0.381. The molecule has 0 aliphatic carbocycles. The van der Waals surface area contributed by atoms with Gasteiger partial charge in [0.2, 0.25) is 0 Å². The first-order valence-electron chi connectivity index (χ1n) is 9.45. The molecule has 0 atom stereocenters. The number of carbonyl (C=O) groups is 1. The fourth-order valence-electron chi connectivity index (χ4n) is 3.58. The van der Waals surface area contributed by atoms with Crippen molar-refractivity contribution in [2.75, 3.05) is 38.7 Å². The largest absolute Gasteiger partial charge is 0.383 e. The number of piperidine rings is 1. The zero-order valence-electron chi connectivity index (χ0n) is 16.0. The first kappa shape index (κ1) is 19.8. The number of ether oxygens (including phenoxy) is 1. The highest BCUT2D eigenvalue weighted by atomic mass is 16.6. The van der Waals surface area contributed by atoms with Crippen LogP contribution in [0.5, 0.6) is 0 Å². The van der Waals surface area contributed by atoms with E-state index < -0.39 is 4.92 Å². The molecular formula is C21H25N3O4. The van der Waals surface area contributed by atoms with Crippen molar-refractivity contribution in [1.29, 1.82) is 0 Å². The molecule has 0 spiro atoms. The number of nitro benzene ring substituents is 1. The smallest absolute Gasteiger partial charge is 0.293 e. The van der Waals surface area contributed by atoms with Gasteiger partial charge < -0.3 is 15.0 Å². The molecule has 0 aromatic heterocycles. The molecule has 1 heterocycles. The Labute approximate surface area is 164 Å². The Bertz CT molecular complexity index is 818. The molecular weight excluding hydrogens is 358 g/mol. The third-order valence-corrected chi connectivity index (χ3v) is 5.12. The average Bonchev–Trinajstić information content (AvgIpc) is 2.74. The molecule has 28 heavy (non-hydrogen) atoms. The molecule has 2 aromatic carbocycles. The number of rotatable bonds is 7. The number of hydrogen-bond acceptors (Lipinski definition) is 5. The predicted octanol–water partition coefficient (Wildman–Crippen LogP) is 3.67. The second-order valence-electron chi connectivity index (χ2n) is 6.89. The van der Waals surface area contributed by atoms with Gasteiger partial charge in [0, 0.05) is 38.4 Å². The van der Waals surface area contributed by atoms with Crippen LogP contribution in [0.25, 0.3) is 0 Å². The minimum Gasteiger partial charge on any atom is -0.383 e. The first-order valence-corrected chi connectivity index (χ1v) is 9.45. The topological polar surface area (TPSA) is 84.7 Å². The van der Waals surface area contributed by atoms with E-state index >= 15 is 0 Å². The molecule has 1 N–H and O–H groups in total. The number of nitrogens with one attached hydrogen (secondary N) is 1. The van der Waals surface area contributed by atoms with E-state index in [9.17, 15) is 14.9 Å². The van der Waals surface area contributed by atoms with Crippen LogP contribution in [0.4, 0.5) is 11.4 Å². The maximum Gasteiger partial charge on any atom is 0.293 e. The highest BCUT2D eigenvalue weighted by Crippen LogP contribution is 2.30. The highest BCUT2D eigenvalue weighted by Gasteiger charge is 2.26. The summed E-state index contributed by atoms with van der Waals surface area (Å²) < 4.78 is 4.95. The molecule has 0 saturated carbocycles. The van der Waals surface area contributed by atoms with Crippen molar-refractivity contribution in [2.24, 2.45) is 0 Å². The Balaban J connectivity index is 1.67. The van der Waals surface area contributed by atoms with Crippen LogP contribution in [0.1, 0.15) is 34.7 Å². The molecule has 7 heteroatoms. The molecule has 1 fully saturated rings. The van der Waals surface area contributed by atoms with Crippen molar-refractivity contribution in [2.45, 2.75) is 18.8 Å². The Morgan fingerprint density at radius 2 is 1.93 bits per heavy atom. The molecule has 0 unspecified atom stereocenters. The molecule has 7 nitrogen and oxygen atoms in total. The third-order valence-electron chi connectivity index (χ3n) is 5.12. The van der Waals surface area contributed by atoms with Crippen molar-refractivity contribution in [1.82, 2.24) is 4.90 Å². The number of carbonyl (C=O) groups excluding carboxylic acids is 1. The number of amides is 1. The lowest BCUT2D eigenvalue weighted by molar-refractivity contribution is -0.384. The van der Waals surface area contributed by atoms with Gasteiger partial charge >= 0.3 is 0 Å². The van der Waals surface area contributed by atoms with Crippen LogP contribution < -0.4 is 5.32 Å². The normalized spacial score (nSPS) is 14.7. The van der Waals surface area contributed by atoms with E-state index in [1.807, 2.05) is 18.2 Å². The van der Waals surface area contributed by atoms with Gasteiger partial charge in [0.1, 0.15) is 5.69 Å². The van der Waals surface area contributed by atoms with Gasteiger partial charge in [-0.15, -0.1) is 0 Å². The van der Waals surface area contributed by atoms with Gasteiger partial charge in [0.15, 0.2) is 0 Å². The SMILES string of the molecule is COCCNc1ccc(C(=O)N2CCC(c3ccccc3)CC2)cc1[N+](=O)[O-]. The van der Waals surface area contributed by atoms with Gasteiger partial charge in [-0.3, -0.25) is 14.9 Å². The molecule has 1 saturated heterocycles. The standard InChI is InChI=1S/C21H25N3O4/c1-28-14-11-22-19-8-7-18(15-20(19)24(26)27)21(25)23-12-9-17(10-13-23)16-5-3-2-4-6-16/h2-8,15,17,22H,9-14H2,1H3. The highest BCUT2D eigenvalue weighted by molar-refractivity contribution is 5.95. The lowest BCUT2D eigenvalue weighted by Crippen LogP contribution is -2.37. The minimum atomic E-state index is -0.465. The Kier molecular flexibility index (Phi) is 6.60. The van der Waals surface area contributed by atoms with Crippen LogP contribution in [0.15, 0.2) is 48.5 Å². The summed E-state index contributed by atoms with van der Waals surface area (Å²) in [6.07, 6.45) is 1.79. The Morgan fingerprint density at radius 3 is 2.57 bits per heavy atom. The van der Waals surface area contributed by atoms with E-state index in [1.54, 1.807) is 24.1 Å². The fourth-order valence-corrected chi connectivity index (χ4v) is 3.58. The van der Waals surface area contributed by atoms with Crippen LogP contribution in [-0.2, 0) is 4.74 Å². The maximum absolute atomic E-state index is 12.9. The Hall–Kier alpha value is -2.93. The van der Waals surface area contributed by atoms with E-state index in [1.165, 1.54) is 11.6 Å². The van der Waals surface area contributed by atoms with Crippen molar-refractivity contribution in [3.63, 3.8) is 0 Å². The summed E-state index contributed by atoms with van der Waals surface area (Å²) in [7, 11) is 1.57. The molecule has 148 valence electrons. The van der Waals surface area contributed by atoms with Crippen LogP contribution in [0.2, 0.25) is 0 Å². The third kappa shape index (κ3) is 4.67. The molecule has 1 aliphatic rings. The average molecular weight is 383 g/mol. The van der Waals surface area contributed by atoms with Crippen LogP contribution in [-0.4, -0.2) is 49.1 Å².